The molecule has 0 saturated heterocycles. The van der Waals surface area contributed by atoms with Gasteiger partial charge in [0.05, 0.1) is 13.1 Å². The van der Waals surface area contributed by atoms with Gasteiger partial charge in [0.25, 0.3) is 0 Å². The molecular weight excluding hydrogens is 234 g/mol. The van der Waals surface area contributed by atoms with E-state index in [9.17, 15) is 0 Å². The van der Waals surface area contributed by atoms with Gasteiger partial charge in [0.15, 0.2) is 0 Å². The standard InChI is InChI=1S/C16H21NSi/c1-5-12-17(13-9-14-18(2,3)4)15-16-10-7-6-8-11-16/h1,6-8,10-11H,12-13,15H2,2-4H3. The van der Waals surface area contributed by atoms with Gasteiger partial charge in [0, 0.05) is 6.54 Å². The van der Waals surface area contributed by atoms with Gasteiger partial charge in [-0.05, 0) is 5.56 Å². The molecule has 2 heteroatoms. The van der Waals surface area contributed by atoms with E-state index in [1.807, 2.05) is 6.07 Å². The third-order valence-corrected chi connectivity index (χ3v) is 3.26. The van der Waals surface area contributed by atoms with Gasteiger partial charge in [0.1, 0.15) is 8.07 Å². The first-order chi connectivity index (χ1) is 8.51. The van der Waals surface area contributed by atoms with Crippen LogP contribution in [0.2, 0.25) is 19.6 Å². The predicted molar refractivity (Wildman–Crippen MR) is 81.7 cm³/mol. The van der Waals surface area contributed by atoms with Crippen molar-refractivity contribution in [3.8, 4) is 23.8 Å². The minimum absolute atomic E-state index is 0.648. The van der Waals surface area contributed by atoms with Crippen molar-refractivity contribution >= 4 is 8.07 Å². The second-order valence-electron chi connectivity index (χ2n) is 5.39. The van der Waals surface area contributed by atoms with E-state index >= 15 is 0 Å². The van der Waals surface area contributed by atoms with Crippen molar-refractivity contribution < 1.29 is 0 Å². The second kappa shape index (κ2) is 7.06. The second-order valence-corrected chi connectivity index (χ2v) is 10.1. The maximum absolute atomic E-state index is 5.41. The van der Waals surface area contributed by atoms with Crippen LogP contribution in [-0.4, -0.2) is 26.1 Å². The summed E-state index contributed by atoms with van der Waals surface area (Å²) in [4.78, 5) is 2.20. The number of hydrogen-bond acceptors (Lipinski definition) is 1. The molecule has 0 fully saturated rings. The molecule has 0 N–H and O–H groups in total. The van der Waals surface area contributed by atoms with E-state index in [1.54, 1.807) is 0 Å². The summed E-state index contributed by atoms with van der Waals surface area (Å²) in [6.07, 6.45) is 5.41. The van der Waals surface area contributed by atoms with Gasteiger partial charge in [-0.2, -0.15) is 0 Å². The lowest BCUT2D eigenvalue weighted by molar-refractivity contribution is 0.338. The Labute approximate surface area is 112 Å². The average molecular weight is 255 g/mol. The van der Waals surface area contributed by atoms with Gasteiger partial charge >= 0.3 is 0 Å². The molecule has 0 aliphatic heterocycles. The molecule has 0 heterocycles. The Morgan fingerprint density at radius 3 is 2.33 bits per heavy atom. The fourth-order valence-corrected chi connectivity index (χ4v) is 2.16. The van der Waals surface area contributed by atoms with E-state index in [1.165, 1.54) is 5.56 Å². The molecule has 0 radical (unpaired) electrons. The van der Waals surface area contributed by atoms with Crippen LogP contribution >= 0.6 is 0 Å². The zero-order valence-corrected chi connectivity index (χ0v) is 12.5. The maximum atomic E-state index is 5.41. The van der Waals surface area contributed by atoms with Crippen molar-refractivity contribution in [2.24, 2.45) is 0 Å². The Morgan fingerprint density at radius 1 is 1.11 bits per heavy atom. The smallest absolute Gasteiger partial charge is 0.129 e. The predicted octanol–water partition coefficient (Wildman–Crippen LogP) is 3.00. The fraction of sp³-hybridized carbons (Fsp3) is 0.375. The quantitative estimate of drug-likeness (QED) is 0.590. The van der Waals surface area contributed by atoms with E-state index in [0.717, 1.165) is 13.1 Å². The largest absolute Gasteiger partial charge is 0.277 e. The summed E-state index contributed by atoms with van der Waals surface area (Å²) in [6.45, 7) is 9.03. The molecule has 0 saturated carbocycles. The summed E-state index contributed by atoms with van der Waals surface area (Å²) < 4.78 is 0. The summed E-state index contributed by atoms with van der Waals surface area (Å²) in [5.74, 6) is 5.98. The topological polar surface area (TPSA) is 3.24 Å². The van der Waals surface area contributed by atoms with Crippen LogP contribution in [-0.2, 0) is 6.54 Å². The lowest BCUT2D eigenvalue weighted by Crippen LogP contribution is -2.25. The highest BCUT2D eigenvalue weighted by molar-refractivity contribution is 6.83. The first kappa shape index (κ1) is 14.6. The van der Waals surface area contributed by atoms with Crippen LogP contribution in [0.15, 0.2) is 30.3 Å². The molecule has 0 bridgehead atoms. The Bertz CT molecular complexity index is 454. The van der Waals surface area contributed by atoms with Crippen LogP contribution in [0.3, 0.4) is 0 Å². The van der Waals surface area contributed by atoms with Crippen molar-refractivity contribution in [3.63, 3.8) is 0 Å². The van der Waals surface area contributed by atoms with Crippen LogP contribution in [0.1, 0.15) is 5.56 Å². The monoisotopic (exact) mass is 255 g/mol. The molecule has 0 unspecified atom stereocenters. The van der Waals surface area contributed by atoms with Crippen molar-refractivity contribution in [1.82, 2.24) is 4.90 Å². The number of benzene rings is 1. The molecule has 0 spiro atoms. The Morgan fingerprint density at radius 2 is 1.78 bits per heavy atom. The van der Waals surface area contributed by atoms with Crippen LogP contribution in [0.4, 0.5) is 0 Å². The number of terminal acetylenes is 1. The molecule has 0 aliphatic carbocycles. The first-order valence-corrected chi connectivity index (χ1v) is 9.71. The highest BCUT2D eigenvalue weighted by atomic mass is 28.3. The van der Waals surface area contributed by atoms with E-state index < -0.39 is 8.07 Å². The van der Waals surface area contributed by atoms with Gasteiger partial charge in [-0.15, -0.1) is 12.0 Å². The Balaban J connectivity index is 2.61. The molecule has 0 aromatic heterocycles. The van der Waals surface area contributed by atoms with Gasteiger partial charge in [-0.1, -0.05) is 61.8 Å². The molecule has 1 aromatic carbocycles. The molecule has 1 aromatic rings. The number of rotatable bonds is 4. The van der Waals surface area contributed by atoms with Gasteiger partial charge in [0.2, 0.25) is 0 Å². The van der Waals surface area contributed by atoms with E-state index in [2.05, 4.69) is 66.2 Å². The SMILES string of the molecule is C#CCN(CC#C[Si](C)(C)C)Cc1ccccc1. The normalized spacial score (nSPS) is 10.6. The lowest BCUT2D eigenvalue weighted by Gasteiger charge is -2.17. The molecule has 1 nitrogen and oxygen atoms in total. The molecule has 0 aliphatic rings. The van der Waals surface area contributed by atoms with Gasteiger partial charge in [-0.25, -0.2) is 0 Å². The van der Waals surface area contributed by atoms with E-state index in [-0.39, 0.29) is 0 Å². The molecule has 0 atom stereocenters. The van der Waals surface area contributed by atoms with Crippen LogP contribution in [0, 0.1) is 23.8 Å². The third kappa shape index (κ3) is 6.30. The maximum Gasteiger partial charge on any atom is 0.129 e. The first-order valence-electron chi connectivity index (χ1n) is 6.21. The number of nitrogens with zero attached hydrogens (tertiary/aromatic N) is 1. The Kier molecular flexibility index (Phi) is 5.72. The summed E-state index contributed by atoms with van der Waals surface area (Å²) in [7, 11) is -1.28. The summed E-state index contributed by atoms with van der Waals surface area (Å²) in [5.41, 5.74) is 4.66. The van der Waals surface area contributed by atoms with Crippen molar-refractivity contribution in [1.29, 1.82) is 0 Å². The zero-order valence-electron chi connectivity index (χ0n) is 11.5. The van der Waals surface area contributed by atoms with Crippen molar-refractivity contribution in [2.45, 2.75) is 26.2 Å². The van der Waals surface area contributed by atoms with Gasteiger partial charge in [-0.3, -0.25) is 4.90 Å². The molecular formula is C16H21NSi. The van der Waals surface area contributed by atoms with Crippen molar-refractivity contribution in [2.75, 3.05) is 13.1 Å². The minimum atomic E-state index is -1.28. The van der Waals surface area contributed by atoms with E-state index in [4.69, 9.17) is 6.42 Å². The van der Waals surface area contributed by atoms with Crippen LogP contribution in [0.5, 0.6) is 0 Å². The molecule has 1 rings (SSSR count). The highest BCUT2D eigenvalue weighted by Gasteiger charge is 2.08. The fourth-order valence-electron chi connectivity index (χ4n) is 1.55. The zero-order chi connectivity index (χ0) is 13.4. The Hall–Kier alpha value is -1.48. The van der Waals surface area contributed by atoms with Gasteiger partial charge < -0.3 is 0 Å². The van der Waals surface area contributed by atoms with E-state index in [0.29, 0.717) is 6.54 Å². The third-order valence-electron chi connectivity index (χ3n) is 2.33. The average Bonchev–Trinajstić information content (AvgIpc) is 2.29. The summed E-state index contributed by atoms with van der Waals surface area (Å²) in [5, 5.41) is 0. The molecule has 0 amide bonds. The lowest BCUT2D eigenvalue weighted by atomic mass is 10.2. The molecule has 94 valence electrons. The minimum Gasteiger partial charge on any atom is -0.277 e. The van der Waals surface area contributed by atoms with Crippen LogP contribution < -0.4 is 0 Å². The highest BCUT2D eigenvalue weighted by Crippen LogP contribution is 2.03. The van der Waals surface area contributed by atoms with Crippen LogP contribution in [0.25, 0.3) is 0 Å². The molecule has 18 heavy (non-hydrogen) atoms. The summed E-state index contributed by atoms with van der Waals surface area (Å²) in [6, 6.07) is 10.4. The summed E-state index contributed by atoms with van der Waals surface area (Å²) >= 11 is 0. The van der Waals surface area contributed by atoms with Crippen molar-refractivity contribution in [3.05, 3.63) is 35.9 Å². The number of hydrogen-bond donors (Lipinski definition) is 0.